The van der Waals surface area contributed by atoms with Crippen LogP contribution in [0.4, 0.5) is 0 Å². The van der Waals surface area contributed by atoms with Gasteiger partial charge in [0.25, 0.3) is 0 Å². The summed E-state index contributed by atoms with van der Waals surface area (Å²) in [4.78, 5) is 4.38. The molecule has 2 aliphatic carbocycles. The molecule has 116 valence electrons. The highest BCUT2D eigenvalue weighted by atomic mass is 16.3. The van der Waals surface area contributed by atoms with E-state index in [2.05, 4.69) is 9.80 Å². The lowest BCUT2D eigenvalue weighted by Gasteiger charge is -2.41. The third kappa shape index (κ3) is 3.34. The zero-order chi connectivity index (χ0) is 14.2. The Balaban J connectivity index is 1.51. The van der Waals surface area contributed by atoms with Crippen molar-refractivity contribution in [1.29, 1.82) is 0 Å². The Morgan fingerprint density at radius 3 is 1.50 bits per heavy atom. The summed E-state index contributed by atoms with van der Waals surface area (Å²) in [5.74, 6) is 0. The van der Waals surface area contributed by atoms with Crippen molar-refractivity contribution in [2.45, 2.75) is 55.8 Å². The third-order valence-electron chi connectivity index (χ3n) is 5.27. The molecule has 0 bridgehead atoms. The van der Waals surface area contributed by atoms with Crippen LogP contribution in [0.15, 0.2) is 0 Å². The van der Waals surface area contributed by atoms with Gasteiger partial charge in [-0.25, -0.2) is 0 Å². The summed E-state index contributed by atoms with van der Waals surface area (Å²) in [6.45, 7) is 4.38. The van der Waals surface area contributed by atoms with E-state index in [9.17, 15) is 15.3 Å². The molecule has 1 saturated heterocycles. The first kappa shape index (κ1) is 14.7. The molecule has 0 aromatic heterocycles. The Hall–Kier alpha value is -0.200. The molecule has 0 atom stereocenters. The monoisotopic (exact) mass is 284 g/mol. The van der Waals surface area contributed by atoms with Crippen LogP contribution in [0.2, 0.25) is 0 Å². The second-order valence-corrected chi connectivity index (χ2v) is 7.28. The van der Waals surface area contributed by atoms with Gasteiger partial charge >= 0.3 is 0 Å². The Morgan fingerprint density at radius 1 is 0.800 bits per heavy atom. The number of hydrogen-bond acceptors (Lipinski definition) is 5. The van der Waals surface area contributed by atoms with Crippen molar-refractivity contribution in [2.75, 3.05) is 39.3 Å². The van der Waals surface area contributed by atoms with Crippen LogP contribution in [0.1, 0.15) is 38.5 Å². The lowest BCUT2D eigenvalue weighted by atomic mass is 9.80. The molecule has 5 nitrogen and oxygen atoms in total. The molecule has 0 amide bonds. The van der Waals surface area contributed by atoms with Gasteiger partial charge in [0.15, 0.2) is 0 Å². The van der Waals surface area contributed by atoms with Crippen molar-refractivity contribution in [3.05, 3.63) is 0 Å². The standard InChI is InChI=1S/C15H28N2O3/c18-13-9-16(11-14(19)3-1-4-14)7-8-17(10-13)12-15(20)5-2-6-15/h13,18-20H,1-12H2. The van der Waals surface area contributed by atoms with Crippen molar-refractivity contribution in [3.8, 4) is 0 Å². The molecular formula is C15H28N2O3. The SMILES string of the molecule is OC1CN(CC2(O)CCC2)CCN(CC2(O)CCC2)C1. The number of aliphatic hydroxyl groups is 3. The molecular weight excluding hydrogens is 256 g/mol. The van der Waals surface area contributed by atoms with Gasteiger partial charge in [-0.3, -0.25) is 9.80 Å². The van der Waals surface area contributed by atoms with Gasteiger partial charge in [-0.15, -0.1) is 0 Å². The van der Waals surface area contributed by atoms with Gasteiger partial charge in [0.05, 0.1) is 17.3 Å². The molecule has 0 unspecified atom stereocenters. The third-order valence-corrected chi connectivity index (χ3v) is 5.27. The fraction of sp³-hybridized carbons (Fsp3) is 1.00. The zero-order valence-corrected chi connectivity index (χ0v) is 12.3. The molecule has 3 aliphatic rings. The molecule has 1 heterocycles. The summed E-state index contributed by atoms with van der Waals surface area (Å²) in [5.41, 5.74) is -1.03. The van der Waals surface area contributed by atoms with Gasteiger partial charge < -0.3 is 15.3 Å². The molecule has 0 aromatic rings. The maximum atomic E-state index is 10.3. The molecule has 3 fully saturated rings. The van der Waals surface area contributed by atoms with Crippen LogP contribution in [0, 0.1) is 0 Å². The minimum atomic E-state index is -0.513. The summed E-state index contributed by atoms with van der Waals surface area (Å²) in [7, 11) is 0. The second-order valence-electron chi connectivity index (χ2n) is 7.28. The average molecular weight is 284 g/mol. The second kappa shape index (κ2) is 5.54. The van der Waals surface area contributed by atoms with E-state index in [0.717, 1.165) is 51.6 Å². The zero-order valence-electron chi connectivity index (χ0n) is 12.3. The van der Waals surface area contributed by atoms with Crippen molar-refractivity contribution < 1.29 is 15.3 Å². The number of aliphatic hydroxyl groups excluding tert-OH is 1. The molecule has 3 N–H and O–H groups in total. The smallest absolute Gasteiger partial charge is 0.0793 e. The van der Waals surface area contributed by atoms with E-state index in [0.29, 0.717) is 26.2 Å². The summed E-state index contributed by atoms with van der Waals surface area (Å²) < 4.78 is 0. The van der Waals surface area contributed by atoms with E-state index in [4.69, 9.17) is 0 Å². The highest BCUT2D eigenvalue weighted by Crippen LogP contribution is 2.34. The van der Waals surface area contributed by atoms with E-state index in [1.54, 1.807) is 0 Å². The van der Waals surface area contributed by atoms with Gasteiger partial charge in [0, 0.05) is 39.3 Å². The van der Waals surface area contributed by atoms with Crippen LogP contribution < -0.4 is 0 Å². The fourth-order valence-electron chi connectivity index (χ4n) is 3.72. The lowest BCUT2D eigenvalue weighted by molar-refractivity contribution is -0.0632. The fourth-order valence-corrected chi connectivity index (χ4v) is 3.72. The summed E-state index contributed by atoms with van der Waals surface area (Å²) in [6.07, 6.45) is 5.42. The summed E-state index contributed by atoms with van der Waals surface area (Å²) >= 11 is 0. The maximum absolute atomic E-state index is 10.3. The minimum absolute atomic E-state index is 0.384. The van der Waals surface area contributed by atoms with E-state index in [1.807, 2.05) is 0 Å². The van der Waals surface area contributed by atoms with Crippen molar-refractivity contribution >= 4 is 0 Å². The molecule has 0 spiro atoms. The molecule has 1 aliphatic heterocycles. The maximum Gasteiger partial charge on any atom is 0.0793 e. The highest BCUT2D eigenvalue weighted by Gasteiger charge is 2.39. The van der Waals surface area contributed by atoms with Crippen molar-refractivity contribution in [1.82, 2.24) is 9.80 Å². The summed E-state index contributed by atoms with van der Waals surface area (Å²) in [6, 6.07) is 0. The van der Waals surface area contributed by atoms with Gasteiger partial charge in [0.2, 0.25) is 0 Å². The number of nitrogens with zero attached hydrogens (tertiary/aromatic N) is 2. The number of rotatable bonds is 4. The molecule has 3 rings (SSSR count). The molecule has 2 saturated carbocycles. The molecule has 0 radical (unpaired) electrons. The molecule has 0 aromatic carbocycles. The molecule has 20 heavy (non-hydrogen) atoms. The lowest BCUT2D eigenvalue weighted by Crippen LogP contribution is -2.50. The number of hydrogen-bond donors (Lipinski definition) is 3. The Bertz CT molecular complexity index is 310. The van der Waals surface area contributed by atoms with Crippen LogP contribution in [0.5, 0.6) is 0 Å². The van der Waals surface area contributed by atoms with E-state index in [-0.39, 0.29) is 6.10 Å². The van der Waals surface area contributed by atoms with Gasteiger partial charge in [-0.2, -0.15) is 0 Å². The quantitative estimate of drug-likeness (QED) is 0.667. The Morgan fingerprint density at radius 2 is 1.20 bits per heavy atom. The first-order chi connectivity index (χ1) is 9.46. The van der Waals surface area contributed by atoms with Crippen molar-refractivity contribution in [2.24, 2.45) is 0 Å². The van der Waals surface area contributed by atoms with Crippen LogP contribution in [-0.4, -0.2) is 81.7 Å². The minimum Gasteiger partial charge on any atom is -0.390 e. The van der Waals surface area contributed by atoms with Crippen molar-refractivity contribution in [3.63, 3.8) is 0 Å². The van der Waals surface area contributed by atoms with Crippen LogP contribution >= 0.6 is 0 Å². The van der Waals surface area contributed by atoms with E-state index >= 15 is 0 Å². The first-order valence-corrected chi connectivity index (χ1v) is 8.04. The normalized spacial score (nSPS) is 31.4. The van der Waals surface area contributed by atoms with Crippen LogP contribution in [0.3, 0.4) is 0 Å². The molecule has 5 heteroatoms. The Labute approximate surface area is 121 Å². The van der Waals surface area contributed by atoms with Gasteiger partial charge in [-0.1, -0.05) is 0 Å². The van der Waals surface area contributed by atoms with Crippen LogP contribution in [-0.2, 0) is 0 Å². The largest absolute Gasteiger partial charge is 0.390 e. The first-order valence-electron chi connectivity index (χ1n) is 8.04. The topological polar surface area (TPSA) is 67.2 Å². The van der Waals surface area contributed by atoms with Crippen LogP contribution in [0.25, 0.3) is 0 Å². The average Bonchev–Trinajstić information content (AvgIpc) is 2.47. The van der Waals surface area contributed by atoms with Gasteiger partial charge in [-0.05, 0) is 38.5 Å². The number of β-amino-alcohol motifs (C(OH)–C–C–N with tert-alkyl or cyclic N) is 3. The Kier molecular flexibility index (Phi) is 4.08. The predicted octanol–water partition coefficient (Wildman–Crippen LogP) is -0.205. The highest BCUT2D eigenvalue weighted by molar-refractivity contribution is 4.94. The predicted molar refractivity (Wildman–Crippen MR) is 76.5 cm³/mol. The van der Waals surface area contributed by atoms with Gasteiger partial charge in [0.1, 0.15) is 0 Å². The van der Waals surface area contributed by atoms with E-state index < -0.39 is 11.2 Å². The van der Waals surface area contributed by atoms with E-state index in [1.165, 1.54) is 0 Å². The summed E-state index contributed by atoms with van der Waals surface area (Å²) in [5, 5.41) is 30.7.